The van der Waals surface area contributed by atoms with Gasteiger partial charge in [-0.25, -0.2) is 4.98 Å². The summed E-state index contributed by atoms with van der Waals surface area (Å²) in [6.07, 6.45) is 3.80. The van der Waals surface area contributed by atoms with E-state index in [-0.39, 0.29) is 5.91 Å². The van der Waals surface area contributed by atoms with Crippen LogP contribution in [0.2, 0.25) is 0 Å². The quantitative estimate of drug-likeness (QED) is 0.504. The van der Waals surface area contributed by atoms with Crippen molar-refractivity contribution in [2.24, 2.45) is 7.05 Å². The molecule has 2 aromatic carbocycles. The van der Waals surface area contributed by atoms with Gasteiger partial charge < -0.3 is 20.5 Å². The number of pyridine rings is 1. The van der Waals surface area contributed by atoms with Crippen LogP contribution in [0, 0.1) is 0 Å². The average Bonchev–Trinajstić information content (AvgIpc) is 3.14. The van der Waals surface area contributed by atoms with E-state index in [1.165, 1.54) is 5.52 Å². The minimum Gasteiger partial charge on any atom is -0.383 e. The number of amides is 1. The number of likely N-dealkylation sites (N-methyl/N-ethyl adjacent to an activating group) is 1. The number of hydrogen-bond acceptors (Lipinski definition) is 4. The first-order valence-electron chi connectivity index (χ1n) is 10.3. The lowest BCUT2D eigenvalue weighted by Crippen LogP contribution is -2.31. The lowest BCUT2D eigenvalue weighted by atomic mass is 9.99. The Balaban J connectivity index is 1.64. The molecule has 0 unspecified atom stereocenters. The molecule has 0 spiro atoms. The molecule has 0 saturated carbocycles. The Morgan fingerprint density at radius 3 is 2.71 bits per heavy atom. The van der Waals surface area contributed by atoms with Gasteiger partial charge in [0.1, 0.15) is 5.82 Å². The number of nitrogens with two attached hydrogens (primary N) is 1. The van der Waals surface area contributed by atoms with E-state index < -0.39 is 0 Å². The zero-order chi connectivity index (χ0) is 22.0. The van der Waals surface area contributed by atoms with Gasteiger partial charge >= 0.3 is 0 Å². The van der Waals surface area contributed by atoms with E-state index in [4.69, 9.17) is 5.73 Å². The summed E-state index contributed by atoms with van der Waals surface area (Å²) in [4.78, 5) is 19.0. The standard InChI is InChI=1S/C25H27N5O/c1-29(2)12-10-27-25(31)20-6-4-5-17(13-20)21-15-22(24(26)28-16-21)18-7-8-23-19(14-18)9-11-30(23)3/h4-9,11,13-16H,10,12H2,1-3H3,(H2,26,28)(H,27,31). The molecule has 0 aliphatic heterocycles. The predicted octanol–water partition coefficient (Wildman–Crippen LogP) is 3.78. The van der Waals surface area contributed by atoms with Crippen LogP contribution in [0.1, 0.15) is 10.4 Å². The zero-order valence-corrected chi connectivity index (χ0v) is 18.1. The second-order valence-electron chi connectivity index (χ2n) is 8.00. The lowest BCUT2D eigenvalue weighted by molar-refractivity contribution is 0.0951. The van der Waals surface area contributed by atoms with Crippen molar-refractivity contribution < 1.29 is 4.79 Å². The number of nitrogens with zero attached hydrogens (tertiary/aromatic N) is 3. The van der Waals surface area contributed by atoms with Crippen molar-refractivity contribution in [3.05, 3.63) is 72.6 Å². The Morgan fingerprint density at radius 1 is 1.06 bits per heavy atom. The van der Waals surface area contributed by atoms with E-state index in [2.05, 4.69) is 39.1 Å². The number of benzene rings is 2. The molecule has 1 amide bonds. The van der Waals surface area contributed by atoms with Gasteiger partial charge in [0.15, 0.2) is 0 Å². The van der Waals surface area contributed by atoms with Crippen LogP contribution in [0.4, 0.5) is 5.82 Å². The van der Waals surface area contributed by atoms with Gasteiger partial charge in [0, 0.05) is 60.1 Å². The highest BCUT2D eigenvalue weighted by Gasteiger charge is 2.11. The molecular weight excluding hydrogens is 386 g/mol. The summed E-state index contributed by atoms with van der Waals surface area (Å²) in [6, 6.07) is 18.0. The second-order valence-corrected chi connectivity index (χ2v) is 8.00. The number of carbonyl (C=O) groups is 1. The van der Waals surface area contributed by atoms with E-state index >= 15 is 0 Å². The molecule has 0 bridgehead atoms. The molecule has 4 rings (SSSR count). The van der Waals surface area contributed by atoms with Gasteiger partial charge in [-0.05, 0) is 61.6 Å². The third kappa shape index (κ3) is 4.44. The van der Waals surface area contributed by atoms with Crippen LogP contribution in [-0.2, 0) is 7.05 Å². The number of aromatic nitrogens is 2. The van der Waals surface area contributed by atoms with Crippen molar-refractivity contribution >= 4 is 22.6 Å². The third-order valence-electron chi connectivity index (χ3n) is 5.42. The summed E-state index contributed by atoms with van der Waals surface area (Å²) in [6.45, 7) is 1.40. The van der Waals surface area contributed by atoms with E-state index in [0.717, 1.165) is 34.2 Å². The molecule has 4 aromatic rings. The van der Waals surface area contributed by atoms with Crippen LogP contribution in [0.5, 0.6) is 0 Å². The number of aryl methyl sites for hydroxylation is 1. The smallest absolute Gasteiger partial charge is 0.251 e. The topological polar surface area (TPSA) is 76.2 Å². The molecule has 0 aliphatic carbocycles. The van der Waals surface area contributed by atoms with Crippen molar-refractivity contribution in [2.75, 3.05) is 32.9 Å². The molecular formula is C25H27N5O. The maximum atomic E-state index is 12.5. The van der Waals surface area contributed by atoms with Crippen LogP contribution in [0.25, 0.3) is 33.2 Å². The second kappa shape index (κ2) is 8.62. The fraction of sp³-hybridized carbons (Fsp3) is 0.200. The van der Waals surface area contributed by atoms with Crippen molar-refractivity contribution in [1.82, 2.24) is 19.8 Å². The summed E-state index contributed by atoms with van der Waals surface area (Å²) in [5, 5.41) is 4.11. The molecule has 6 nitrogen and oxygen atoms in total. The molecule has 0 saturated heterocycles. The highest BCUT2D eigenvalue weighted by Crippen LogP contribution is 2.32. The highest BCUT2D eigenvalue weighted by molar-refractivity contribution is 5.95. The number of fused-ring (bicyclic) bond motifs is 1. The Kier molecular flexibility index (Phi) is 5.73. The number of anilines is 1. The molecule has 0 aliphatic rings. The Morgan fingerprint density at radius 2 is 1.90 bits per heavy atom. The average molecular weight is 414 g/mol. The van der Waals surface area contributed by atoms with E-state index in [0.29, 0.717) is 17.9 Å². The first kappa shape index (κ1) is 20.6. The minimum atomic E-state index is -0.0816. The first-order valence-corrected chi connectivity index (χ1v) is 10.3. The molecule has 158 valence electrons. The van der Waals surface area contributed by atoms with Crippen LogP contribution >= 0.6 is 0 Å². The number of hydrogen-bond donors (Lipinski definition) is 2. The van der Waals surface area contributed by atoms with E-state index in [1.54, 1.807) is 6.20 Å². The summed E-state index contributed by atoms with van der Waals surface area (Å²) >= 11 is 0. The van der Waals surface area contributed by atoms with Gasteiger partial charge in [0.2, 0.25) is 0 Å². The summed E-state index contributed by atoms with van der Waals surface area (Å²) in [7, 11) is 5.99. The molecule has 0 atom stereocenters. The summed E-state index contributed by atoms with van der Waals surface area (Å²) in [5.74, 6) is 0.401. The normalized spacial score (nSPS) is 11.2. The van der Waals surface area contributed by atoms with Crippen LogP contribution in [-0.4, -0.2) is 47.5 Å². The van der Waals surface area contributed by atoms with Gasteiger partial charge in [-0.3, -0.25) is 4.79 Å². The largest absolute Gasteiger partial charge is 0.383 e. The fourth-order valence-corrected chi connectivity index (χ4v) is 3.65. The fourth-order valence-electron chi connectivity index (χ4n) is 3.65. The molecule has 31 heavy (non-hydrogen) atoms. The number of nitrogens with one attached hydrogen (secondary N) is 1. The number of nitrogen functional groups attached to an aromatic ring is 1. The predicted molar refractivity (Wildman–Crippen MR) is 127 cm³/mol. The third-order valence-corrected chi connectivity index (χ3v) is 5.42. The minimum absolute atomic E-state index is 0.0816. The highest BCUT2D eigenvalue weighted by atomic mass is 16.1. The number of carbonyl (C=O) groups excluding carboxylic acids is 1. The molecule has 3 N–H and O–H groups in total. The van der Waals surface area contributed by atoms with Gasteiger partial charge in [-0.1, -0.05) is 18.2 Å². The maximum Gasteiger partial charge on any atom is 0.251 e. The van der Waals surface area contributed by atoms with Crippen molar-refractivity contribution in [2.45, 2.75) is 0 Å². The number of rotatable bonds is 6. The Labute approximate surface area is 182 Å². The molecule has 0 fully saturated rings. The van der Waals surface area contributed by atoms with Crippen LogP contribution in [0.3, 0.4) is 0 Å². The van der Waals surface area contributed by atoms with Crippen molar-refractivity contribution in [1.29, 1.82) is 0 Å². The first-order chi connectivity index (χ1) is 14.9. The van der Waals surface area contributed by atoms with Gasteiger partial charge in [0.25, 0.3) is 5.91 Å². The van der Waals surface area contributed by atoms with Crippen molar-refractivity contribution in [3.63, 3.8) is 0 Å². The van der Waals surface area contributed by atoms with E-state index in [1.807, 2.05) is 62.6 Å². The van der Waals surface area contributed by atoms with Crippen LogP contribution < -0.4 is 11.1 Å². The lowest BCUT2D eigenvalue weighted by Gasteiger charge is -2.12. The van der Waals surface area contributed by atoms with Gasteiger partial charge in [-0.15, -0.1) is 0 Å². The molecule has 2 aromatic heterocycles. The Bertz CT molecular complexity index is 1240. The van der Waals surface area contributed by atoms with Gasteiger partial charge in [-0.2, -0.15) is 0 Å². The van der Waals surface area contributed by atoms with E-state index in [9.17, 15) is 4.79 Å². The zero-order valence-electron chi connectivity index (χ0n) is 18.1. The summed E-state index contributed by atoms with van der Waals surface area (Å²) < 4.78 is 2.09. The molecule has 0 radical (unpaired) electrons. The SMILES string of the molecule is CN(C)CCNC(=O)c1cccc(-c2cnc(N)c(-c3ccc4c(ccn4C)c3)c2)c1. The summed E-state index contributed by atoms with van der Waals surface area (Å²) in [5.41, 5.74) is 11.8. The Hall–Kier alpha value is -3.64. The molecule has 2 heterocycles. The van der Waals surface area contributed by atoms with Gasteiger partial charge in [0.05, 0.1) is 0 Å². The molecule has 6 heteroatoms. The monoisotopic (exact) mass is 413 g/mol. The van der Waals surface area contributed by atoms with Crippen LogP contribution in [0.15, 0.2) is 67.0 Å². The van der Waals surface area contributed by atoms with Crippen molar-refractivity contribution in [3.8, 4) is 22.3 Å². The maximum absolute atomic E-state index is 12.5.